The predicted molar refractivity (Wildman–Crippen MR) is 70.1 cm³/mol. The van der Waals surface area contributed by atoms with Crippen LogP contribution >= 0.6 is 0 Å². The molecule has 0 heterocycles. The lowest BCUT2D eigenvalue weighted by Gasteiger charge is -2.35. The molecule has 0 bridgehead atoms. The van der Waals surface area contributed by atoms with Gasteiger partial charge in [0.1, 0.15) is 6.04 Å². The third kappa shape index (κ3) is 5.07. The van der Waals surface area contributed by atoms with Crippen LogP contribution in [0, 0.1) is 5.41 Å². The molecule has 0 amide bonds. The fraction of sp³-hybridized carbons (Fsp3) is 0.929. The Morgan fingerprint density at radius 1 is 1.41 bits per heavy atom. The molecule has 3 heteroatoms. The molecule has 1 fully saturated rings. The van der Waals surface area contributed by atoms with Gasteiger partial charge in [-0.05, 0) is 37.5 Å². The monoisotopic (exact) mass is 241 g/mol. The Hall–Kier alpha value is -0.570. The van der Waals surface area contributed by atoms with Crippen molar-refractivity contribution in [2.75, 3.05) is 0 Å². The van der Waals surface area contributed by atoms with Gasteiger partial charge in [0, 0.05) is 6.04 Å². The van der Waals surface area contributed by atoms with Gasteiger partial charge in [0.2, 0.25) is 0 Å². The van der Waals surface area contributed by atoms with Crippen molar-refractivity contribution in [1.29, 1.82) is 0 Å². The van der Waals surface area contributed by atoms with Gasteiger partial charge in [-0.15, -0.1) is 0 Å². The van der Waals surface area contributed by atoms with Crippen molar-refractivity contribution in [1.82, 2.24) is 5.32 Å². The molecule has 1 aliphatic rings. The van der Waals surface area contributed by atoms with Crippen molar-refractivity contribution in [3.63, 3.8) is 0 Å². The van der Waals surface area contributed by atoms with Gasteiger partial charge in [-0.3, -0.25) is 4.79 Å². The molecule has 0 aromatic heterocycles. The average Bonchev–Trinajstić information content (AvgIpc) is 2.26. The van der Waals surface area contributed by atoms with Crippen LogP contribution < -0.4 is 5.32 Å². The summed E-state index contributed by atoms with van der Waals surface area (Å²) in [7, 11) is 0. The first kappa shape index (κ1) is 14.5. The molecule has 3 nitrogen and oxygen atoms in total. The summed E-state index contributed by atoms with van der Waals surface area (Å²) in [6.07, 6.45) is 7.43. The van der Waals surface area contributed by atoms with Crippen molar-refractivity contribution in [3.8, 4) is 0 Å². The van der Waals surface area contributed by atoms with Crippen LogP contribution in [0.3, 0.4) is 0 Å². The van der Waals surface area contributed by atoms with E-state index in [1.807, 2.05) is 0 Å². The van der Waals surface area contributed by atoms with Crippen LogP contribution in [0.15, 0.2) is 0 Å². The molecule has 0 aliphatic heterocycles. The molecule has 100 valence electrons. The molecular formula is C14H27NO2. The lowest BCUT2D eigenvalue weighted by Crippen LogP contribution is -2.45. The quantitative estimate of drug-likeness (QED) is 0.751. The Kier molecular flexibility index (Phi) is 5.44. The fourth-order valence-corrected chi connectivity index (χ4v) is 2.54. The van der Waals surface area contributed by atoms with Crippen molar-refractivity contribution in [2.45, 2.75) is 77.8 Å². The molecule has 1 aliphatic carbocycles. The van der Waals surface area contributed by atoms with E-state index in [-0.39, 0.29) is 6.04 Å². The summed E-state index contributed by atoms with van der Waals surface area (Å²) in [4.78, 5) is 11.1. The van der Waals surface area contributed by atoms with E-state index < -0.39 is 5.97 Å². The van der Waals surface area contributed by atoms with E-state index in [4.69, 9.17) is 0 Å². The average molecular weight is 241 g/mol. The number of hydrogen-bond donors (Lipinski definition) is 2. The maximum absolute atomic E-state index is 11.1. The van der Waals surface area contributed by atoms with E-state index in [2.05, 4.69) is 26.1 Å². The summed E-state index contributed by atoms with van der Waals surface area (Å²) in [5.41, 5.74) is 0.445. The SMILES string of the molecule is CCCCC(NC1CCC(C)(C)CC1)C(=O)O. The third-order valence-corrected chi connectivity index (χ3v) is 3.92. The molecule has 1 atom stereocenters. The van der Waals surface area contributed by atoms with Gasteiger partial charge in [0.15, 0.2) is 0 Å². The molecule has 0 saturated heterocycles. The fourth-order valence-electron chi connectivity index (χ4n) is 2.54. The highest BCUT2D eigenvalue weighted by atomic mass is 16.4. The number of rotatable bonds is 6. The number of unbranched alkanes of at least 4 members (excludes halogenated alkanes) is 1. The highest BCUT2D eigenvalue weighted by molar-refractivity contribution is 5.73. The number of carboxylic acid groups (broad SMARTS) is 1. The number of carboxylic acids is 1. The standard InChI is InChI=1S/C14H27NO2/c1-4-5-6-12(13(16)17)15-11-7-9-14(2,3)10-8-11/h11-12,15H,4-10H2,1-3H3,(H,16,17). The van der Waals surface area contributed by atoms with Gasteiger partial charge in [-0.1, -0.05) is 33.6 Å². The summed E-state index contributed by atoms with van der Waals surface area (Å²) in [5.74, 6) is -0.691. The van der Waals surface area contributed by atoms with Gasteiger partial charge >= 0.3 is 5.97 Å². The van der Waals surface area contributed by atoms with Crippen molar-refractivity contribution < 1.29 is 9.90 Å². The molecule has 17 heavy (non-hydrogen) atoms. The summed E-state index contributed by atoms with van der Waals surface area (Å²) in [6.45, 7) is 6.70. The molecule has 1 rings (SSSR count). The highest BCUT2D eigenvalue weighted by Gasteiger charge is 2.29. The maximum Gasteiger partial charge on any atom is 0.320 e. The minimum atomic E-state index is -0.691. The van der Waals surface area contributed by atoms with Gasteiger partial charge in [-0.2, -0.15) is 0 Å². The van der Waals surface area contributed by atoms with Crippen LogP contribution in [0.5, 0.6) is 0 Å². The van der Waals surface area contributed by atoms with E-state index in [1.54, 1.807) is 0 Å². The maximum atomic E-state index is 11.1. The van der Waals surface area contributed by atoms with E-state index in [1.165, 1.54) is 12.8 Å². The lowest BCUT2D eigenvalue weighted by molar-refractivity contribution is -0.140. The van der Waals surface area contributed by atoms with Crippen LogP contribution in [0.25, 0.3) is 0 Å². The minimum Gasteiger partial charge on any atom is -0.480 e. The normalized spacial score (nSPS) is 22.3. The molecule has 1 unspecified atom stereocenters. The Morgan fingerprint density at radius 3 is 2.47 bits per heavy atom. The topological polar surface area (TPSA) is 49.3 Å². The lowest BCUT2D eigenvalue weighted by atomic mass is 9.75. The Bertz CT molecular complexity index is 241. The van der Waals surface area contributed by atoms with E-state index in [0.717, 1.165) is 32.1 Å². The second kappa shape index (κ2) is 6.39. The van der Waals surface area contributed by atoms with Gasteiger partial charge in [-0.25, -0.2) is 0 Å². The predicted octanol–water partition coefficient (Wildman–Crippen LogP) is 3.19. The number of aliphatic carboxylic acids is 1. The first-order valence-electron chi connectivity index (χ1n) is 6.93. The zero-order chi connectivity index (χ0) is 12.9. The minimum absolute atomic E-state index is 0.346. The Labute approximate surface area is 105 Å². The van der Waals surface area contributed by atoms with Gasteiger partial charge in [0.25, 0.3) is 0 Å². The Morgan fingerprint density at radius 2 is 2.00 bits per heavy atom. The third-order valence-electron chi connectivity index (χ3n) is 3.92. The highest BCUT2D eigenvalue weighted by Crippen LogP contribution is 2.35. The summed E-state index contributed by atoms with van der Waals surface area (Å²) in [5, 5.41) is 12.5. The molecule has 1 saturated carbocycles. The molecule has 0 aromatic carbocycles. The summed E-state index contributed by atoms with van der Waals surface area (Å²) in [6, 6.07) is 0.0575. The molecule has 0 radical (unpaired) electrons. The van der Waals surface area contributed by atoms with Crippen LogP contribution in [0.2, 0.25) is 0 Å². The van der Waals surface area contributed by atoms with E-state index >= 15 is 0 Å². The molecule has 2 N–H and O–H groups in total. The zero-order valence-electron chi connectivity index (χ0n) is 11.5. The first-order valence-corrected chi connectivity index (χ1v) is 6.93. The Balaban J connectivity index is 2.38. The molecule has 0 spiro atoms. The molecule has 0 aromatic rings. The van der Waals surface area contributed by atoms with E-state index in [9.17, 15) is 9.90 Å². The number of carbonyl (C=O) groups is 1. The van der Waals surface area contributed by atoms with Crippen LogP contribution in [0.1, 0.15) is 65.7 Å². The van der Waals surface area contributed by atoms with Gasteiger partial charge < -0.3 is 10.4 Å². The van der Waals surface area contributed by atoms with Crippen molar-refractivity contribution >= 4 is 5.97 Å². The smallest absolute Gasteiger partial charge is 0.320 e. The van der Waals surface area contributed by atoms with Crippen LogP contribution in [0.4, 0.5) is 0 Å². The van der Waals surface area contributed by atoms with E-state index in [0.29, 0.717) is 11.5 Å². The second-order valence-electron chi connectivity index (χ2n) is 6.14. The van der Waals surface area contributed by atoms with Crippen LogP contribution in [-0.2, 0) is 4.79 Å². The van der Waals surface area contributed by atoms with Crippen molar-refractivity contribution in [2.24, 2.45) is 5.41 Å². The zero-order valence-corrected chi connectivity index (χ0v) is 11.5. The summed E-state index contributed by atoms with van der Waals surface area (Å²) < 4.78 is 0. The first-order chi connectivity index (χ1) is 7.94. The molecular weight excluding hydrogens is 214 g/mol. The summed E-state index contributed by atoms with van der Waals surface area (Å²) >= 11 is 0. The largest absolute Gasteiger partial charge is 0.480 e. The number of hydrogen-bond acceptors (Lipinski definition) is 2. The van der Waals surface area contributed by atoms with Crippen molar-refractivity contribution in [3.05, 3.63) is 0 Å². The van der Waals surface area contributed by atoms with Gasteiger partial charge in [0.05, 0.1) is 0 Å². The number of nitrogens with one attached hydrogen (secondary N) is 1. The second-order valence-corrected chi connectivity index (χ2v) is 6.14. The van der Waals surface area contributed by atoms with Crippen LogP contribution in [-0.4, -0.2) is 23.2 Å².